The minimum absolute atomic E-state index is 0.0260. The summed E-state index contributed by atoms with van der Waals surface area (Å²) >= 11 is 6.32. The van der Waals surface area contributed by atoms with Crippen LogP contribution in [0.3, 0.4) is 0 Å². The van der Waals surface area contributed by atoms with Gasteiger partial charge in [0.05, 0.1) is 10.7 Å². The molecular weight excluding hydrogens is 482 g/mol. The fraction of sp³-hybridized carbons (Fsp3) is 0.444. The van der Waals surface area contributed by atoms with Crippen LogP contribution in [-0.4, -0.2) is 46.6 Å². The van der Waals surface area contributed by atoms with E-state index in [9.17, 15) is 19.5 Å². The number of likely N-dealkylation sites (N-methyl/N-ethyl adjacent to an activating group) is 1. The summed E-state index contributed by atoms with van der Waals surface area (Å²) in [7, 11) is 1.50. The quantitative estimate of drug-likeness (QED) is 0.432. The van der Waals surface area contributed by atoms with E-state index in [4.69, 9.17) is 16.3 Å². The van der Waals surface area contributed by atoms with Gasteiger partial charge in [-0.3, -0.25) is 9.59 Å². The number of rotatable bonds is 8. The van der Waals surface area contributed by atoms with E-state index < -0.39 is 35.6 Å². The maximum atomic E-state index is 13.7. The van der Waals surface area contributed by atoms with Crippen molar-refractivity contribution >= 4 is 35.2 Å². The second-order valence-electron chi connectivity index (χ2n) is 10.2. The molecule has 0 bridgehead atoms. The van der Waals surface area contributed by atoms with Gasteiger partial charge in [0.15, 0.2) is 0 Å². The molecule has 196 valence electrons. The molecule has 36 heavy (non-hydrogen) atoms. The van der Waals surface area contributed by atoms with Crippen LogP contribution in [0.5, 0.6) is 5.75 Å². The Bertz CT molecular complexity index is 1060. The summed E-state index contributed by atoms with van der Waals surface area (Å²) < 4.78 is 5.35. The SMILES string of the molecule is Cc1cccc(Cl)c1NC(=O)C(c1ccc(O)cc1)N(C)C(=O)C(CC(C)C)NC(=O)OC(C)(C)C. The number of phenols is 1. The van der Waals surface area contributed by atoms with Crippen molar-refractivity contribution in [1.29, 1.82) is 0 Å². The summed E-state index contributed by atoms with van der Waals surface area (Å²) in [5.74, 6) is -0.848. The molecule has 0 saturated heterocycles. The van der Waals surface area contributed by atoms with Gasteiger partial charge in [0.1, 0.15) is 23.4 Å². The van der Waals surface area contributed by atoms with Gasteiger partial charge < -0.3 is 25.4 Å². The number of phenolic OH excluding ortho intramolecular Hbond substituents is 1. The highest BCUT2D eigenvalue weighted by Crippen LogP contribution is 2.29. The number of benzene rings is 2. The van der Waals surface area contributed by atoms with Crippen molar-refractivity contribution in [3.8, 4) is 5.75 Å². The Morgan fingerprint density at radius 2 is 1.69 bits per heavy atom. The summed E-state index contributed by atoms with van der Waals surface area (Å²) in [6, 6.07) is 9.30. The number of carbonyl (C=O) groups is 3. The zero-order valence-corrected chi connectivity index (χ0v) is 22.6. The third kappa shape index (κ3) is 8.16. The molecule has 3 amide bonds. The van der Waals surface area contributed by atoms with Crippen LogP contribution in [0.1, 0.15) is 58.2 Å². The molecule has 9 heteroatoms. The number of anilines is 1. The van der Waals surface area contributed by atoms with Crippen molar-refractivity contribution in [2.24, 2.45) is 5.92 Å². The molecule has 0 radical (unpaired) electrons. The minimum atomic E-state index is -1.07. The van der Waals surface area contributed by atoms with Gasteiger partial charge in [-0.05, 0) is 69.4 Å². The van der Waals surface area contributed by atoms with Crippen LogP contribution in [0, 0.1) is 12.8 Å². The zero-order chi connectivity index (χ0) is 27.2. The van der Waals surface area contributed by atoms with E-state index in [0.29, 0.717) is 22.7 Å². The number of para-hydroxylation sites is 1. The summed E-state index contributed by atoms with van der Waals surface area (Å²) in [6.07, 6.45) is -0.372. The third-order valence-electron chi connectivity index (χ3n) is 5.36. The molecule has 3 N–H and O–H groups in total. The lowest BCUT2D eigenvalue weighted by Crippen LogP contribution is -2.51. The largest absolute Gasteiger partial charge is 0.508 e. The molecule has 2 rings (SSSR count). The van der Waals surface area contributed by atoms with Crippen LogP contribution in [0.15, 0.2) is 42.5 Å². The van der Waals surface area contributed by atoms with E-state index in [0.717, 1.165) is 5.56 Å². The number of aromatic hydroxyl groups is 1. The topological polar surface area (TPSA) is 108 Å². The molecule has 2 atom stereocenters. The second kappa shape index (κ2) is 12.1. The first-order valence-corrected chi connectivity index (χ1v) is 12.2. The first kappa shape index (κ1) is 29.0. The highest BCUT2D eigenvalue weighted by atomic mass is 35.5. The molecule has 8 nitrogen and oxygen atoms in total. The molecule has 2 aromatic rings. The van der Waals surface area contributed by atoms with E-state index in [1.807, 2.05) is 26.8 Å². The summed E-state index contributed by atoms with van der Waals surface area (Å²) in [4.78, 5) is 41.0. The molecule has 0 saturated carbocycles. The maximum absolute atomic E-state index is 13.7. The average Bonchev–Trinajstić information content (AvgIpc) is 2.75. The lowest BCUT2D eigenvalue weighted by Gasteiger charge is -2.32. The molecule has 0 aliphatic carbocycles. The van der Waals surface area contributed by atoms with Crippen LogP contribution in [0.25, 0.3) is 0 Å². The number of ether oxygens (including phenoxy) is 1. The number of aryl methyl sites for hydroxylation is 1. The van der Waals surface area contributed by atoms with E-state index in [-0.39, 0.29) is 11.7 Å². The Labute approximate surface area is 218 Å². The van der Waals surface area contributed by atoms with Gasteiger partial charge in [-0.25, -0.2) is 4.79 Å². The van der Waals surface area contributed by atoms with Crippen LogP contribution >= 0.6 is 11.6 Å². The zero-order valence-electron chi connectivity index (χ0n) is 21.9. The predicted molar refractivity (Wildman–Crippen MR) is 141 cm³/mol. The van der Waals surface area contributed by atoms with Gasteiger partial charge in [0.25, 0.3) is 5.91 Å². The van der Waals surface area contributed by atoms with Crippen molar-refractivity contribution in [3.63, 3.8) is 0 Å². The van der Waals surface area contributed by atoms with Crippen LogP contribution < -0.4 is 10.6 Å². The molecule has 0 heterocycles. The van der Waals surface area contributed by atoms with Crippen molar-refractivity contribution in [1.82, 2.24) is 10.2 Å². The Hall–Kier alpha value is -3.26. The van der Waals surface area contributed by atoms with Crippen LogP contribution in [0.2, 0.25) is 5.02 Å². The first-order valence-electron chi connectivity index (χ1n) is 11.8. The number of halogens is 1. The van der Waals surface area contributed by atoms with Gasteiger partial charge in [0.2, 0.25) is 5.91 Å². The molecular formula is C27H36ClN3O5. The Morgan fingerprint density at radius 1 is 1.08 bits per heavy atom. The second-order valence-corrected chi connectivity index (χ2v) is 10.6. The molecule has 0 fully saturated rings. The van der Waals surface area contributed by atoms with Gasteiger partial charge in [0, 0.05) is 7.05 Å². The van der Waals surface area contributed by atoms with Gasteiger partial charge >= 0.3 is 6.09 Å². The van der Waals surface area contributed by atoms with E-state index in [2.05, 4.69) is 10.6 Å². The fourth-order valence-corrected chi connectivity index (χ4v) is 3.97. The summed E-state index contributed by atoms with van der Waals surface area (Å²) in [5.41, 5.74) is 0.951. The third-order valence-corrected chi connectivity index (χ3v) is 5.67. The van der Waals surface area contributed by atoms with Crippen molar-refractivity contribution in [2.45, 2.75) is 65.6 Å². The van der Waals surface area contributed by atoms with Gasteiger partial charge in [-0.1, -0.05) is 49.7 Å². The fourth-order valence-electron chi connectivity index (χ4n) is 3.71. The standard InChI is InChI=1S/C27H36ClN3O5/c1-16(2)15-21(29-26(35)36-27(4,5)6)25(34)31(7)23(18-11-13-19(32)14-12-18)24(33)30-22-17(3)9-8-10-20(22)28/h8-14,16,21,23,32H,15H2,1-7H3,(H,29,35)(H,30,33). The van der Waals surface area contributed by atoms with Gasteiger partial charge in [-0.15, -0.1) is 0 Å². The molecule has 0 aromatic heterocycles. The number of alkyl carbamates (subject to hydrolysis) is 1. The Balaban J connectivity index is 2.41. The molecule has 0 aliphatic heterocycles. The number of amides is 3. The van der Waals surface area contributed by atoms with Crippen LogP contribution in [-0.2, 0) is 14.3 Å². The molecule has 2 unspecified atom stereocenters. The van der Waals surface area contributed by atoms with E-state index >= 15 is 0 Å². The lowest BCUT2D eigenvalue weighted by molar-refractivity contribution is -0.139. The predicted octanol–water partition coefficient (Wildman–Crippen LogP) is 5.43. The van der Waals surface area contributed by atoms with Crippen molar-refractivity contribution in [2.75, 3.05) is 12.4 Å². The number of hydrogen-bond acceptors (Lipinski definition) is 5. The molecule has 0 aliphatic rings. The van der Waals surface area contributed by atoms with E-state index in [1.165, 1.54) is 24.1 Å². The summed E-state index contributed by atoms with van der Waals surface area (Å²) in [6.45, 7) is 10.9. The smallest absolute Gasteiger partial charge is 0.408 e. The van der Waals surface area contributed by atoms with Gasteiger partial charge in [-0.2, -0.15) is 0 Å². The number of hydrogen-bond donors (Lipinski definition) is 3. The average molecular weight is 518 g/mol. The van der Waals surface area contributed by atoms with Crippen molar-refractivity contribution in [3.05, 3.63) is 58.6 Å². The highest BCUT2D eigenvalue weighted by molar-refractivity contribution is 6.34. The number of nitrogens with one attached hydrogen (secondary N) is 2. The monoisotopic (exact) mass is 517 g/mol. The Kier molecular flexibility index (Phi) is 9.76. The Morgan fingerprint density at radius 3 is 2.22 bits per heavy atom. The minimum Gasteiger partial charge on any atom is -0.508 e. The molecule has 0 spiro atoms. The molecule has 2 aromatic carbocycles. The van der Waals surface area contributed by atoms with E-state index in [1.54, 1.807) is 45.0 Å². The normalized spacial score (nSPS) is 13.0. The first-order chi connectivity index (χ1) is 16.7. The number of carbonyl (C=O) groups excluding carboxylic acids is 3. The van der Waals surface area contributed by atoms with Crippen molar-refractivity contribution < 1.29 is 24.2 Å². The number of nitrogens with zero attached hydrogens (tertiary/aromatic N) is 1. The highest BCUT2D eigenvalue weighted by Gasteiger charge is 2.34. The maximum Gasteiger partial charge on any atom is 0.408 e. The lowest BCUT2D eigenvalue weighted by atomic mass is 9.99. The van der Waals surface area contributed by atoms with Crippen LogP contribution in [0.4, 0.5) is 10.5 Å². The summed E-state index contributed by atoms with van der Waals surface area (Å²) in [5, 5.41) is 15.6.